The van der Waals surface area contributed by atoms with E-state index in [0.29, 0.717) is 27.3 Å². The average molecular weight is 326 g/mol. The van der Waals surface area contributed by atoms with Crippen molar-refractivity contribution in [2.75, 3.05) is 0 Å². The van der Waals surface area contributed by atoms with E-state index in [0.717, 1.165) is 25.7 Å². The summed E-state index contributed by atoms with van der Waals surface area (Å²) in [5.41, 5.74) is 6.56. The fourth-order valence-electron chi connectivity index (χ4n) is 2.81. The lowest BCUT2D eigenvalue weighted by Gasteiger charge is -2.23. The molecule has 0 saturated heterocycles. The van der Waals surface area contributed by atoms with Crippen molar-refractivity contribution in [1.29, 1.82) is 0 Å². The molecule has 1 fully saturated rings. The van der Waals surface area contributed by atoms with Crippen molar-refractivity contribution >= 4 is 23.2 Å². The first-order chi connectivity index (χ1) is 10.1. The van der Waals surface area contributed by atoms with Crippen LogP contribution >= 0.6 is 23.2 Å². The molecule has 1 heterocycles. The summed E-state index contributed by atoms with van der Waals surface area (Å²) in [5.74, 6) is 0.880. The largest absolute Gasteiger partial charge is 0.334 e. The van der Waals surface area contributed by atoms with Crippen molar-refractivity contribution < 1.29 is 4.52 Å². The van der Waals surface area contributed by atoms with E-state index >= 15 is 0 Å². The van der Waals surface area contributed by atoms with Crippen LogP contribution in [0, 0.1) is 0 Å². The Hall–Kier alpha value is -1.10. The fourth-order valence-corrected chi connectivity index (χ4v) is 3.37. The lowest BCUT2D eigenvalue weighted by atomic mass is 9.91. The van der Waals surface area contributed by atoms with E-state index in [1.807, 2.05) is 0 Å². The zero-order chi connectivity index (χ0) is 14.9. The van der Waals surface area contributed by atoms with E-state index in [9.17, 15) is 0 Å². The van der Waals surface area contributed by atoms with Gasteiger partial charge in [0, 0.05) is 0 Å². The Morgan fingerprint density at radius 3 is 2.29 bits per heavy atom. The molecule has 1 aromatic heterocycles. The van der Waals surface area contributed by atoms with Gasteiger partial charge in [0.1, 0.15) is 0 Å². The number of rotatable bonds is 2. The molecule has 0 unspecified atom stereocenters. The fraction of sp³-hybridized carbons (Fsp3) is 0.467. The molecule has 21 heavy (non-hydrogen) atoms. The van der Waals surface area contributed by atoms with Crippen molar-refractivity contribution in [3.8, 4) is 11.5 Å². The Morgan fingerprint density at radius 1 is 1.05 bits per heavy atom. The summed E-state index contributed by atoms with van der Waals surface area (Å²) in [6, 6.07) is 5.27. The monoisotopic (exact) mass is 325 g/mol. The third kappa shape index (κ3) is 2.93. The van der Waals surface area contributed by atoms with E-state index in [-0.39, 0.29) is 0 Å². The van der Waals surface area contributed by atoms with Crippen molar-refractivity contribution in [3.63, 3.8) is 0 Å². The minimum atomic E-state index is -0.508. The molecular formula is C15H17Cl2N3O. The highest BCUT2D eigenvalue weighted by Gasteiger charge is 2.33. The van der Waals surface area contributed by atoms with Gasteiger partial charge >= 0.3 is 0 Å². The number of aromatic nitrogens is 2. The Kier molecular flexibility index (Phi) is 4.20. The third-order valence-corrected chi connectivity index (χ3v) is 4.67. The topological polar surface area (TPSA) is 64.9 Å². The molecule has 2 aromatic rings. The van der Waals surface area contributed by atoms with Crippen LogP contribution in [0.1, 0.15) is 44.3 Å². The predicted molar refractivity (Wildman–Crippen MR) is 83.3 cm³/mol. The maximum absolute atomic E-state index is 6.50. The first-order valence-electron chi connectivity index (χ1n) is 7.18. The second kappa shape index (κ2) is 5.95. The molecule has 0 spiro atoms. The Morgan fingerprint density at radius 2 is 1.67 bits per heavy atom. The van der Waals surface area contributed by atoms with E-state index in [1.54, 1.807) is 18.2 Å². The van der Waals surface area contributed by atoms with E-state index < -0.39 is 5.54 Å². The van der Waals surface area contributed by atoms with Gasteiger partial charge in [0.05, 0.1) is 21.1 Å². The Balaban J connectivity index is 1.96. The molecule has 0 atom stereocenters. The van der Waals surface area contributed by atoms with Gasteiger partial charge in [-0.1, -0.05) is 60.1 Å². The van der Waals surface area contributed by atoms with Gasteiger partial charge in [0.2, 0.25) is 0 Å². The molecule has 1 aromatic carbocycles. The molecule has 0 bridgehead atoms. The molecular weight excluding hydrogens is 309 g/mol. The highest BCUT2D eigenvalue weighted by atomic mass is 35.5. The summed E-state index contributed by atoms with van der Waals surface area (Å²) in [6.07, 6.45) is 6.35. The molecule has 0 radical (unpaired) electrons. The van der Waals surface area contributed by atoms with Crippen molar-refractivity contribution in [2.45, 2.75) is 44.1 Å². The molecule has 3 rings (SSSR count). The van der Waals surface area contributed by atoms with E-state index in [4.69, 9.17) is 33.5 Å². The number of benzene rings is 1. The number of hydrogen-bond donors (Lipinski definition) is 1. The van der Waals surface area contributed by atoms with Crippen LogP contribution in [-0.4, -0.2) is 10.1 Å². The number of nitrogens with two attached hydrogens (primary N) is 1. The summed E-state index contributed by atoms with van der Waals surface area (Å²) < 4.78 is 5.36. The van der Waals surface area contributed by atoms with Gasteiger partial charge in [-0.2, -0.15) is 4.98 Å². The normalized spacial score (nSPS) is 18.4. The van der Waals surface area contributed by atoms with E-state index in [1.165, 1.54) is 12.8 Å². The summed E-state index contributed by atoms with van der Waals surface area (Å²) in [7, 11) is 0. The van der Waals surface area contributed by atoms with Gasteiger partial charge in [-0.15, -0.1) is 0 Å². The molecule has 6 heteroatoms. The summed E-state index contributed by atoms with van der Waals surface area (Å²) in [5, 5.41) is 5.06. The molecule has 0 aliphatic heterocycles. The Labute approximate surface area is 133 Å². The SMILES string of the molecule is NC1(c2noc(-c3c(Cl)cccc3Cl)n2)CCCCCC1. The molecule has 1 aliphatic rings. The van der Waals surface area contributed by atoms with Crippen LogP contribution < -0.4 is 5.73 Å². The zero-order valence-electron chi connectivity index (χ0n) is 11.6. The van der Waals surface area contributed by atoms with Gasteiger partial charge in [-0.3, -0.25) is 0 Å². The minimum absolute atomic E-state index is 0.328. The Bertz CT molecular complexity index is 613. The van der Waals surface area contributed by atoms with Crippen molar-refractivity contribution in [2.24, 2.45) is 5.73 Å². The summed E-state index contributed by atoms with van der Waals surface area (Å²) in [4.78, 5) is 4.47. The molecule has 112 valence electrons. The second-order valence-corrected chi connectivity index (χ2v) is 6.40. The lowest BCUT2D eigenvalue weighted by molar-refractivity contribution is 0.334. The zero-order valence-corrected chi connectivity index (χ0v) is 13.1. The van der Waals surface area contributed by atoms with Crippen molar-refractivity contribution in [3.05, 3.63) is 34.1 Å². The lowest BCUT2D eigenvalue weighted by Crippen LogP contribution is -2.37. The molecule has 0 amide bonds. The number of nitrogens with zero attached hydrogens (tertiary/aromatic N) is 2. The van der Waals surface area contributed by atoms with Crippen LogP contribution in [0.4, 0.5) is 0 Å². The van der Waals surface area contributed by atoms with Crippen LogP contribution in [-0.2, 0) is 5.54 Å². The van der Waals surface area contributed by atoms with Crippen LogP contribution in [0.5, 0.6) is 0 Å². The molecule has 1 saturated carbocycles. The minimum Gasteiger partial charge on any atom is -0.334 e. The first kappa shape index (κ1) is 14.8. The van der Waals surface area contributed by atoms with E-state index in [2.05, 4.69) is 10.1 Å². The number of hydrogen-bond acceptors (Lipinski definition) is 4. The van der Waals surface area contributed by atoms with Crippen LogP contribution in [0.2, 0.25) is 10.0 Å². The highest BCUT2D eigenvalue weighted by molar-refractivity contribution is 6.38. The van der Waals surface area contributed by atoms with Gasteiger partial charge in [0.15, 0.2) is 5.82 Å². The molecule has 1 aliphatic carbocycles. The molecule has 4 nitrogen and oxygen atoms in total. The smallest absolute Gasteiger partial charge is 0.261 e. The van der Waals surface area contributed by atoms with Crippen molar-refractivity contribution in [1.82, 2.24) is 10.1 Å². The van der Waals surface area contributed by atoms with Crippen LogP contribution in [0.3, 0.4) is 0 Å². The van der Waals surface area contributed by atoms with Crippen LogP contribution in [0.15, 0.2) is 22.7 Å². The maximum Gasteiger partial charge on any atom is 0.261 e. The summed E-state index contributed by atoms with van der Waals surface area (Å²) >= 11 is 12.4. The predicted octanol–water partition coefficient (Wildman–Crippen LogP) is 4.55. The number of halogens is 2. The molecule has 2 N–H and O–H groups in total. The van der Waals surface area contributed by atoms with Crippen LogP contribution in [0.25, 0.3) is 11.5 Å². The third-order valence-electron chi connectivity index (χ3n) is 4.04. The van der Waals surface area contributed by atoms with Gasteiger partial charge in [-0.05, 0) is 25.0 Å². The first-order valence-corrected chi connectivity index (χ1v) is 7.93. The average Bonchev–Trinajstić information content (AvgIpc) is 2.83. The second-order valence-electron chi connectivity index (χ2n) is 5.59. The quantitative estimate of drug-likeness (QED) is 0.822. The standard InChI is InChI=1S/C15H17Cl2N3O/c16-10-6-5-7-11(17)12(10)13-19-14(20-21-13)15(18)8-3-1-2-4-9-15/h5-7H,1-4,8-9,18H2. The van der Waals surface area contributed by atoms with Gasteiger partial charge < -0.3 is 10.3 Å². The highest BCUT2D eigenvalue weighted by Crippen LogP contribution is 2.36. The summed E-state index contributed by atoms with van der Waals surface area (Å²) in [6.45, 7) is 0. The maximum atomic E-state index is 6.50. The van der Waals surface area contributed by atoms with Gasteiger partial charge in [0.25, 0.3) is 5.89 Å². The van der Waals surface area contributed by atoms with Gasteiger partial charge in [-0.25, -0.2) is 0 Å².